The average Bonchev–Trinajstić information content (AvgIpc) is 3.56. The third kappa shape index (κ3) is 3.56. The van der Waals surface area contributed by atoms with Gasteiger partial charge in [-0.05, 0) is 51.8 Å². The number of fused-ring (bicyclic) bond motifs is 3. The Morgan fingerprint density at radius 2 is 1.89 bits per heavy atom. The maximum Gasteiger partial charge on any atom is 0.354 e. The van der Waals surface area contributed by atoms with Crippen molar-refractivity contribution in [3.05, 3.63) is 52.8 Å². The lowest BCUT2D eigenvalue weighted by Gasteiger charge is -2.48. The average molecular weight is 494 g/mol. The highest BCUT2D eigenvalue weighted by atomic mass is 16.5. The van der Waals surface area contributed by atoms with Gasteiger partial charge in [-0.1, -0.05) is 12.1 Å². The van der Waals surface area contributed by atoms with E-state index in [0.29, 0.717) is 23.4 Å². The molecule has 1 aromatic heterocycles. The van der Waals surface area contributed by atoms with E-state index in [1.807, 2.05) is 25.3 Å². The predicted molar refractivity (Wildman–Crippen MR) is 131 cm³/mol. The maximum atomic E-state index is 13.7. The molecule has 1 aliphatic carbocycles. The first kappa shape index (κ1) is 24.2. The maximum absolute atomic E-state index is 13.7. The van der Waals surface area contributed by atoms with Gasteiger partial charge in [-0.15, -0.1) is 0 Å². The number of carbonyl (C=O) groups is 4. The first-order valence-corrected chi connectivity index (χ1v) is 12.4. The van der Waals surface area contributed by atoms with Crippen LogP contribution in [0.4, 0.5) is 5.69 Å². The number of rotatable bonds is 8. The first-order valence-electron chi connectivity index (χ1n) is 12.4. The summed E-state index contributed by atoms with van der Waals surface area (Å²) in [7, 11) is 1.63. The van der Waals surface area contributed by atoms with E-state index in [2.05, 4.69) is 0 Å². The molecule has 3 heterocycles. The lowest BCUT2D eigenvalue weighted by atomic mass is 9.96. The zero-order chi connectivity index (χ0) is 25.8. The van der Waals surface area contributed by atoms with Crippen LogP contribution < -0.4 is 4.90 Å². The Morgan fingerprint density at radius 3 is 2.58 bits per heavy atom. The van der Waals surface area contributed by atoms with Gasteiger partial charge >= 0.3 is 5.97 Å². The van der Waals surface area contributed by atoms with Gasteiger partial charge in [-0.25, -0.2) is 4.79 Å². The summed E-state index contributed by atoms with van der Waals surface area (Å²) in [6.45, 7) is 5.81. The van der Waals surface area contributed by atoms with E-state index in [1.165, 1.54) is 9.80 Å². The van der Waals surface area contributed by atoms with Crippen LogP contribution in [0.15, 0.2) is 30.3 Å². The number of amides is 2. The van der Waals surface area contributed by atoms with E-state index < -0.39 is 18.2 Å². The Kier molecular flexibility index (Phi) is 5.98. The van der Waals surface area contributed by atoms with Crippen molar-refractivity contribution >= 4 is 29.3 Å². The number of nitrogens with zero attached hydrogens (tertiary/aromatic N) is 3. The molecule has 2 unspecified atom stereocenters. The van der Waals surface area contributed by atoms with Crippen LogP contribution in [-0.4, -0.2) is 65.1 Å². The van der Waals surface area contributed by atoms with Gasteiger partial charge in [-0.3, -0.25) is 19.3 Å². The molecular weight excluding hydrogens is 462 g/mol. The molecule has 36 heavy (non-hydrogen) atoms. The van der Waals surface area contributed by atoms with Crippen LogP contribution in [-0.2, 0) is 19.1 Å². The largest absolute Gasteiger partial charge is 0.454 e. The van der Waals surface area contributed by atoms with Crippen LogP contribution in [0.2, 0.25) is 0 Å². The van der Waals surface area contributed by atoms with E-state index in [1.54, 1.807) is 37.4 Å². The minimum atomic E-state index is -1.56. The van der Waals surface area contributed by atoms with E-state index in [4.69, 9.17) is 9.47 Å². The Hall–Kier alpha value is -3.46. The normalized spacial score (nSPS) is 21.9. The van der Waals surface area contributed by atoms with E-state index in [9.17, 15) is 19.2 Å². The number of carbonyl (C=O) groups excluding carboxylic acids is 4. The number of hydrogen-bond donors (Lipinski definition) is 0. The molecule has 2 amide bonds. The van der Waals surface area contributed by atoms with Gasteiger partial charge in [0.15, 0.2) is 6.61 Å². The molecule has 0 bridgehead atoms. The molecule has 1 saturated carbocycles. The van der Waals surface area contributed by atoms with E-state index in [0.717, 1.165) is 24.2 Å². The van der Waals surface area contributed by atoms with Gasteiger partial charge in [0.1, 0.15) is 0 Å². The minimum absolute atomic E-state index is 0.0384. The fourth-order valence-electron chi connectivity index (χ4n) is 5.89. The highest BCUT2D eigenvalue weighted by Gasteiger charge is 2.64. The van der Waals surface area contributed by atoms with E-state index >= 15 is 0 Å². The van der Waals surface area contributed by atoms with Gasteiger partial charge < -0.3 is 18.9 Å². The second kappa shape index (κ2) is 8.89. The fourth-order valence-corrected chi connectivity index (χ4v) is 5.89. The Bertz CT molecular complexity index is 1260. The summed E-state index contributed by atoms with van der Waals surface area (Å²) >= 11 is 0. The Morgan fingerprint density at radius 1 is 1.17 bits per heavy atom. The lowest BCUT2D eigenvalue weighted by Crippen LogP contribution is -2.69. The number of ether oxygens (including phenoxy) is 2. The van der Waals surface area contributed by atoms with Crippen molar-refractivity contribution in [3.8, 4) is 0 Å². The molecule has 5 rings (SSSR count). The van der Waals surface area contributed by atoms with Gasteiger partial charge in [-0.2, -0.15) is 0 Å². The van der Waals surface area contributed by atoms with Crippen molar-refractivity contribution in [3.63, 3.8) is 0 Å². The number of ketones is 1. The molecule has 1 saturated heterocycles. The molecule has 9 nitrogen and oxygen atoms in total. The first-order chi connectivity index (χ1) is 17.2. The highest BCUT2D eigenvalue weighted by molar-refractivity contribution is 6.16. The number of Topliss-reactive ketones (excluding diaryl/α,β-unsaturated/α-hetero) is 1. The summed E-state index contributed by atoms with van der Waals surface area (Å²) in [6.07, 6.45) is 1.77. The van der Waals surface area contributed by atoms with Crippen LogP contribution in [0.1, 0.15) is 70.8 Å². The van der Waals surface area contributed by atoms with Crippen molar-refractivity contribution in [2.45, 2.75) is 64.2 Å². The third-order valence-electron chi connectivity index (χ3n) is 7.51. The van der Waals surface area contributed by atoms with Crippen LogP contribution >= 0.6 is 0 Å². The number of para-hydroxylation sites is 1. The molecule has 2 atom stereocenters. The van der Waals surface area contributed by atoms with Gasteiger partial charge in [0.05, 0.1) is 23.9 Å². The van der Waals surface area contributed by atoms with Crippen LogP contribution in [0.3, 0.4) is 0 Å². The topological polar surface area (TPSA) is 98.1 Å². The Balaban J connectivity index is 1.43. The molecule has 2 fully saturated rings. The van der Waals surface area contributed by atoms with Crippen LogP contribution in [0.5, 0.6) is 0 Å². The third-order valence-corrected chi connectivity index (χ3v) is 7.51. The molecule has 3 aliphatic rings. The molecule has 2 aromatic rings. The number of anilines is 1. The quantitative estimate of drug-likeness (QED) is 0.414. The Labute approximate surface area is 209 Å². The number of benzene rings is 1. The van der Waals surface area contributed by atoms with Crippen molar-refractivity contribution in [2.24, 2.45) is 0 Å². The number of methoxy groups -OCH3 is 1. The zero-order valence-corrected chi connectivity index (χ0v) is 21.1. The van der Waals surface area contributed by atoms with Crippen LogP contribution in [0, 0.1) is 13.8 Å². The number of aromatic nitrogens is 1. The van der Waals surface area contributed by atoms with E-state index in [-0.39, 0.29) is 42.5 Å². The molecule has 2 aliphatic heterocycles. The van der Waals surface area contributed by atoms with Crippen molar-refractivity contribution in [2.75, 3.05) is 25.2 Å². The number of esters is 1. The number of hydrogen-bond acceptors (Lipinski definition) is 6. The smallest absolute Gasteiger partial charge is 0.354 e. The SMILES string of the molecule is COCC(C)n1c(C)cc(C(=O)COC(=O)C23CCC(=O)N2c2ccccc2C(=O)N3C2CC2)c1C. The highest BCUT2D eigenvalue weighted by Crippen LogP contribution is 2.49. The summed E-state index contributed by atoms with van der Waals surface area (Å²) in [4.78, 5) is 56.4. The molecule has 0 spiro atoms. The predicted octanol–water partition coefficient (Wildman–Crippen LogP) is 3.18. The number of aryl methyl sites for hydroxylation is 1. The second-order valence-electron chi connectivity index (χ2n) is 9.93. The summed E-state index contributed by atoms with van der Waals surface area (Å²) in [5, 5.41) is 0. The summed E-state index contributed by atoms with van der Waals surface area (Å²) in [5.41, 5.74) is 1.41. The zero-order valence-electron chi connectivity index (χ0n) is 21.1. The van der Waals surface area contributed by atoms with Crippen molar-refractivity contribution in [1.29, 1.82) is 0 Å². The molecule has 1 aromatic carbocycles. The standard InChI is InChI=1S/C27H31N3O6/c1-16-13-21(18(3)28(16)17(2)14-35-4)23(31)15-36-26(34)27-12-11-24(32)30(27)22-8-6-5-7-20(22)25(33)29(27)19-9-10-19/h5-8,13,17,19H,9-12,14-15H2,1-4H3. The molecule has 0 radical (unpaired) electrons. The molecular formula is C27H31N3O6. The lowest BCUT2D eigenvalue weighted by molar-refractivity contribution is -0.156. The van der Waals surface area contributed by atoms with Gasteiger partial charge in [0, 0.05) is 42.9 Å². The summed E-state index contributed by atoms with van der Waals surface area (Å²) in [5.74, 6) is -1.59. The fraction of sp³-hybridized carbons (Fsp3) is 0.481. The molecule has 190 valence electrons. The summed E-state index contributed by atoms with van der Waals surface area (Å²) < 4.78 is 12.9. The minimum Gasteiger partial charge on any atom is -0.454 e. The molecule has 0 N–H and O–H groups in total. The summed E-state index contributed by atoms with van der Waals surface area (Å²) in [6, 6.07) is 8.54. The van der Waals surface area contributed by atoms with Crippen LogP contribution in [0.25, 0.3) is 0 Å². The van der Waals surface area contributed by atoms with Crippen molar-refractivity contribution in [1.82, 2.24) is 9.47 Å². The second-order valence-corrected chi connectivity index (χ2v) is 9.93. The monoisotopic (exact) mass is 493 g/mol. The van der Waals surface area contributed by atoms with Crippen molar-refractivity contribution < 1.29 is 28.7 Å². The molecule has 9 heteroatoms. The van der Waals surface area contributed by atoms with Gasteiger partial charge in [0.25, 0.3) is 5.91 Å². The van der Waals surface area contributed by atoms with Gasteiger partial charge in [0.2, 0.25) is 17.4 Å².